The molecule has 0 aromatic carbocycles. The number of likely N-dealkylation sites (tertiary alicyclic amines) is 1. The summed E-state index contributed by atoms with van der Waals surface area (Å²) in [5.41, 5.74) is 6.06. The first-order chi connectivity index (χ1) is 8.50. The van der Waals surface area contributed by atoms with E-state index in [0.29, 0.717) is 10.6 Å². The highest BCUT2D eigenvalue weighted by Gasteiger charge is 2.29. The molecule has 1 aromatic heterocycles. The molecular weight excluding hydrogens is 250 g/mol. The number of piperidine rings is 1. The van der Waals surface area contributed by atoms with Crippen LogP contribution in [0.2, 0.25) is 5.02 Å². The van der Waals surface area contributed by atoms with Crippen molar-refractivity contribution in [3.63, 3.8) is 0 Å². The maximum Gasteiger partial charge on any atom is 0.255 e. The first-order valence-electron chi connectivity index (χ1n) is 6.24. The number of pyridine rings is 1. The van der Waals surface area contributed by atoms with Gasteiger partial charge >= 0.3 is 0 Å². The Morgan fingerprint density at radius 2 is 2.06 bits per heavy atom. The molecule has 2 rings (SSSR count). The number of hydrogen-bond donors (Lipinski definition) is 1. The Morgan fingerprint density at radius 3 is 2.61 bits per heavy atom. The maximum atomic E-state index is 12.5. The smallest absolute Gasteiger partial charge is 0.255 e. The van der Waals surface area contributed by atoms with Crippen molar-refractivity contribution < 1.29 is 4.79 Å². The monoisotopic (exact) mass is 267 g/mol. The molecule has 2 heterocycles. The number of nitrogen functional groups attached to an aromatic ring is 1. The summed E-state index contributed by atoms with van der Waals surface area (Å²) < 4.78 is 0. The predicted octanol–water partition coefficient (Wildman–Crippen LogP) is 2.72. The van der Waals surface area contributed by atoms with E-state index >= 15 is 0 Å². The summed E-state index contributed by atoms with van der Waals surface area (Å²) in [6, 6.07) is 2.12. The number of carbonyl (C=O) groups excluding carboxylic acids is 1. The first-order valence-corrected chi connectivity index (χ1v) is 6.62. The van der Waals surface area contributed by atoms with Crippen LogP contribution in [0.3, 0.4) is 0 Å². The minimum absolute atomic E-state index is 0.0101. The van der Waals surface area contributed by atoms with Crippen LogP contribution in [0, 0.1) is 0 Å². The first kappa shape index (κ1) is 13.1. The second kappa shape index (κ2) is 5.14. The van der Waals surface area contributed by atoms with Crippen LogP contribution in [0.15, 0.2) is 12.3 Å². The summed E-state index contributed by atoms with van der Waals surface area (Å²) in [5.74, 6) is 0.247. The van der Waals surface area contributed by atoms with E-state index < -0.39 is 0 Å². The molecule has 1 aliphatic heterocycles. The average molecular weight is 268 g/mol. The molecule has 1 fully saturated rings. The van der Waals surface area contributed by atoms with Crippen molar-refractivity contribution in [3.05, 3.63) is 22.8 Å². The lowest BCUT2D eigenvalue weighted by Gasteiger charge is -2.39. The van der Waals surface area contributed by atoms with E-state index in [2.05, 4.69) is 18.8 Å². The summed E-state index contributed by atoms with van der Waals surface area (Å²) in [7, 11) is 0. The number of anilines is 1. The lowest BCUT2D eigenvalue weighted by Crippen LogP contribution is -2.47. The molecule has 2 N–H and O–H groups in total. The normalized spacial score (nSPS) is 24.1. The third-order valence-electron chi connectivity index (χ3n) is 3.54. The Labute approximate surface area is 112 Å². The van der Waals surface area contributed by atoms with E-state index in [-0.39, 0.29) is 23.8 Å². The van der Waals surface area contributed by atoms with Gasteiger partial charge in [0, 0.05) is 18.3 Å². The van der Waals surface area contributed by atoms with Gasteiger partial charge in [0.1, 0.15) is 5.82 Å². The van der Waals surface area contributed by atoms with Gasteiger partial charge in [-0.1, -0.05) is 11.6 Å². The Morgan fingerprint density at radius 1 is 1.44 bits per heavy atom. The van der Waals surface area contributed by atoms with Crippen LogP contribution in [0.5, 0.6) is 0 Å². The second-order valence-corrected chi connectivity index (χ2v) is 5.34. The zero-order valence-electron chi connectivity index (χ0n) is 10.7. The van der Waals surface area contributed by atoms with Gasteiger partial charge in [0.2, 0.25) is 0 Å². The molecule has 0 unspecified atom stereocenters. The highest BCUT2D eigenvalue weighted by molar-refractivity contribution is 6.33. The van der Waals surface area contributed by atoms with Crippen molar-refractivity contribution in [1.82, 2.24) is 9.88 Å². The van der Waals surface area contributed by atoms with Gasteiger partial charge in [-0.3, -0.25) is 4.79 Å². The van der Waals surface area contributed by atoms with E-state index in [1.54, 1.807) is 6.07 Å². The van der Waals surface area contributed by atoms with Crippen LogP contribution in [0.1, 0.15) is 43.5 Å². The van der Waals surface area contributed by atoms with Crippen molar-refractivity contribution in [2.75, 3.05) is 5.73 Å². The molecule has 5 heteroatoms. The fourth-order valence-corrected chi connectivity index (χ4v) is 2.70. The van der Waals surface area contributed by atoms with E-state index in [4.69, 9.17) is 17.3 Å². The Kier molecular flexibility index (Phi) is 3.76. The van der Waals surface area contributed by atoms with Crippen molar-refractivity contribution in [2.24, 2.45) is 0 Å². The van der Waals surface area contributed by atoms with Gasteiger partial charge in [0.15, 0.2) is 0 Å². The fourth-order valence-electron chi connectivity index (χ4n) is 2.54. The molecule has 2 atom stereocenters. The summed E-state index contributed by atoms with van der Waals surface area (Å²) in [5, 5.41) is 0.332. The molecule has 1 aliphatic rings. The zero-order chi connectivity index (χ0) is 13.3. The third kappa shape index (κ3) is 2.43. The van der Waals surface area contributed by atoms with Gasteiger partial charge in [0.05, 0.1) is 10.6 Å². The van der Waals surface area contributed by atoms with Crippen molar-refractivity contribution >= 4 is 23.3 Å². The van der Waals surface area contributed by atoms with Crippen molar-refractivity contribution in [3.8, 4) is 0 Å². The molecular formula is C13H18ClN3O. The van der Waals surface area contributed by atoms with E-state index in [0.717, 1.165) is 12.8 Å². The largest absolute Gasteiger partial charge is 0.382 e. The van der Waals surface area contributed by atoms with E-state index in [1.807, 2.05) is 4.90 Å². The topological polar surface area (TPSA) is 59.2 Å². The van der Waals surface area contributed by atoms with Crippen LogP contribution in [-0.2, 0) is 0 Å². The minimum atomic E-state index is -0.0101. The van der Waals surface area contributed by atoms with Gasteiger partial charge in [0.25, 0.3) is 5.91 Å². The molecule has 0 saturated carbocycles. The lowest BCUT2D eigenvalue weighted by molar-refractivity contribution is 0.0510. The van der Waals surface area contributed by atoms with Gasteiger partial charge in [-0.25, -0.2) is 4.98 Å². The van der Waals surface area contributed by atoms with Crippen LogP contribution in [-0.4, -0.2) is 27.9 Å². The standard InChI is InChI=1S/C13H18ClN3O/c1-8-4-3-5-9(2)17(8)13(18)10-6-11(14)12(15)16-7-10/h6-9H,3-5H2,1-2H3,(H2,15,16)/t8-,9+. The molecule has 1 aromatic rings. The molecule has 0 bridgehead atoms. The third-order valence-corrected chi connectivity index (χ3v) is 3.85. The summed E-state index contributed by atoms with van der Waals surface area (Å²) in [4.78, 5) is 18.3. The molecule has 0 spiro atoms. The molecule has 98 valence electrons. The van der Waals surface area contributed by atoms with E-state index in [9.17, 15) is 4.79 Å². The van der Waals surface area contributed by atoms with Crippen molar-refractivity contribution in [2.45, 2.75) is 45.2 Å². The van der Waals surface area contributed by atoms with Gasteiger partial charge in [-0.15, -0.1) is 0 Å². The highest BCUT2D eigenvalue weighted by Crippen LogP contribution is 2.25. The molecule has 1 amide bonds. The molecule has 4 nitrogen and oxygen atoms in total. The summed E-state index contributed by atoms with van der Waals surface area (Å²) in [6.45, 7) is 4.17. The fraction of sp³-hybridized carbons (Fsp3) is 0.538. The van der Waals surface area contributed by atoms with E-state index in [1.165, 1.54) is 12.6 Å². The molecule has 0 radical (unpaired) electrons. The molecule has 1 saturated heterocycles. The Bertz CT molecular complexity index is 454. The number of nitrogens with zero attached hydrogens (tertiary/aromatic N) is 2. The van der Waals surface area contributed by atoms with Crippen LogP contribution in [0.4, 0.5) is 5.82 Å². The number of halogens is 1. The zero-order valence-corrected chi connectivity index (χ0v) is 11.4. The average Bonchev–Trinajstić information content (AvgIpc) is 2.32. The quantitative estimate of drug-likeness (QED) is 0.851. The number of carbonyl (C=O) groups is 1. The lowest BCUT2D eigenvalue weighted by atomic mass is 9.96. The number of nitrogens with two attached hydrogens (primary N) is 1. The Hall–Kier alpha value is -1.29. The van der Waals surface area contributed by atoms with Crippen LogP contribution >= 0.6 is 11.6 Å². The summed E-state index contributed by atoms with van der Waals surface area (Å²) in [6.07, 6.45) is 4.77. The molecule has 0 aliphatic carbocycles. The van der Waals surface area contributed by atoms with Crippen LogP contribution in [0.25, 0.3) is 0 Å². The van der Waals surface area contributed by atoms with Gasteiger partial charge < -0.3 is 10.6 Å². The number of rotatable bonds is 1. The second-order valence-electron chi connectivity index (χ2n) is 4.93. The van der Waals surface area contributed by atoms with Crippen LogP contribution < -0.4 is 5.73 Å². The minimum Gasteiger partial charge on any atom is -0.382 e. The van der Waals surface area contributed by atoms with Gasteiger partial charge in [-0.05, 0) is 39.2 Å². The SMILES string of the molecule is C[C@@H]1CCC[C@H](C)N1C(=O)c1cnc(N)c(Cl)c1. The number of amides is 1. The number of hydrogen-bond acceptors (Lipinski definition) is 3. The summed E-state index contributed by atoms with van der Waals surface area (Å²) >= 11 is 5.91. The Balaban J connectivity index is 2.26. The van der Waals surface area contributed by atoms with Gasteiger partial charge in [-0.2, -0.15) is 0 Å². The highest BCUT2D eigenvalue weighted by atomic mass is 35.5. The molecule has 18 heavy (non-hydrogen) atoms. The maximum absolute atomic E-state index is 12.5. The predicted molar refractivity (Wildman–Crippen MR) is 72.6 cm³/mol. The number of aromatic nitrogens is 1. The van der Waals surface area contributed by atoms with Crippen molar-refractivity contribution in [1.29, 1.82) is 0 Å².